The van der Waals surface area contributed by atoms with Gasteiger partial charge < -0.3 is 14.6 Å². The Balaban J connectivity index is 4.59. The monoisotopic (exact) mass is 252 g/mol. The SMILES string of the molecule is C=C/C=C(OCCO)\C(=C/C)OCC(F)(F)F. The van der Waals surface area contributed by atoms with Gasteiger partial charge in [0.05, 0.1) is 6.61 Å². The van der Waals surface area contributed by atoms with Crippen molar-refractivity contribution in [2.75, 3.05) is 19.8 Å². The zero-order chi connectivity index (χ0) is 13.3. The second kappa shape index (κ2) is 7.78. The van der Waals surface area contributed by atoms with Crippen LogP contribution in [0.5, 0.6) is 0 Å². The number of aliphatic hydroxyl groups excluding tert-OH is 1. The Morgan fingerprint density at radius 3 is 2.35 bits per heavy atom. The van der Waals surface area contributed by atoms with Gasteiger partial charge in [0, 0.05) is 0 Å². The highest BCUT2D eigenvalue weighted by molar-refractivity contribution is 5.23. The van der Waals surface area contributed by atoms with Crippen LogP contribution in [0.3, 0.4) is 0 Å². The van der Waals surface area contributed by atoms with Crippen LogP contribution < -0.4 is 0 Å². The Bertz CT molecular complexity index is 293. The molecular weight excluding hydrogens is 237 g/mol. The molecule has 0 aliphatic carbocycles. The van der Waals surface area contributed by atoms with Crippen LogP contribution in [-0.4, -0.2) is 31.1 Å². The van der Waals surface area contributed by atoms with Crippen molar-refractivity contribution >= 4 is 0 Å². The molecule has 0 saturated heterocycles. The number of allylic oxidation sites excluding steroid dienone is 3. The molecule has 0 fully saturated rings. The van der Waals surface area contributed by atoms with Gasteiger partial charge in [-0.2, -0.15) is 13.2 Å². The van der Waals surface area contributed by atoms with Gasteiger partial charge in [0.1, 0.15) is 6.61 Å². The molecule has 3 nitrogen and oxygen atoms in total. The van der Waals surface area contributed by atoms with Crippen molar-refractivity contribution in [3.63, 3.8) is 0 Å². The van der Waals surface area contributed by atoms with E-state index < -0.39 is 12.8 Å². The summed E-state index contributed by atoms with van der Waals surface area (Å²) < 4.78 is 45.6. The van der Waals surface area contributed by atoms with Crippen molar-refractivity contribution in [2.24, 2.45) is 0 Å². The average Bonchev–Trinajstić information content (AvgIpc) is 2.25. The lowest BCUT2D eigenvalue weighted by atomic mass is 10.3. The van der Waals surface area contributed by atoms with Crippen LogP contribution in [0.4, 0.5) is 13.2 Å². The van der Waals surface area contributed by atoms with Crippen molar-refractivity contribution in [2.45, 2.75) is 13.1 Å². The van der Waals surface area contributed by atoms with E-state index in [1.807, 2.05) is 0 Å². The Morgan fingerprint density at radius 2 is 1.94 bits per heavy atom. The summed E-state index contributed by atoms with van der Waals surface area (Å²) in [6, 6.07) is 0. The van der Waals surface area contributed by atoms with Crippen LogP contribution in [0.2, 0.25) is 0 Å². The quantitative estimate of drug-likeness (QED) is 0.559. The summed E-state index contributed by atoms with van der Waals surface area (Å²) in [4.78, 5) is 0. The largest absolute Gasteiger partial charge is 0.487 e. The van der Waals surface area contributed by atoms with Crippen molar-refractivity contribution in [1.29, 1.82) is 0 Å². The van der Waals surface area contributed by atoms with E-state index in [9.17, 15) is 13.2 Å². The van der Waals surface area contributed by atoms with E-state index in [1.54, 1.807) is 0 Å². The molecule has 0 aromatic rings. The maximum atomic E-state index is 12.0. The molecule has 0 spiro atoms. The Hall–Kier alpha value is -1.43. The fourth-order valence-corrected chi connectivity index (χ4v) is 0.920. The number of hydrogen-bond donors (Lipinski definition) is 1. The van der Waals surface area contributed by atoms with Gasteiger partial charge in [-0.1, -0.05) is 12.7 Å². The standard InChI is InChI=1S/C11H15F3O3/c1-3-5-10(16-7-6-15)9(4-2)17-8-11(12,13)14/h3-5,15H,1,6-8H2,2H3/b9-4+,10-5+. The zero-order valence-electron chi connectivity index (χ0n) is 9.46. The van der Waals surface area contributed by atoms with Crippen LogP contribution in [0.25, 0.3) is 0 Å². The van der Waals surface area contributed by atoms with E-state index in [2.05, 4.69) is 11.3 Å². The molecular formula is C11H15F3O3. The Kier molecular flexibility index (Phi) is 7.13. The minimum Gasteiger partial charge on any atom is -0.487 e. The lowest BCUT2D eigenvalue weighted by molar-refractivity contribution is -0.165. The van der Waals surface area contributed by atoms with Crippen molar-refractivity contribution in [3.8, 4) is 0 Å². The highest BCUT2D eigenvalue weighted by Gasteiger charge is 2.29. The van der Waals surface area contributed by atoms with Gasteiger partial charge in [-0.15, -0.1) is 0 Å². The molecule has 1 N–H and O–H groups in total. The molecule has 98 valence electrons. The van der Waals surface area contributed by atoms with Gasteiger partial charge in [-0.3, -0.25) is 0 Å². The lowest BCUT2D eigenvalue weighted by Gasteiger charge is -2.15. The number of hydrogen-bond acceptors (Lipinski definition) is 3. The van der Waals surface area contributed by atoms with Crippen molar-refractivity contribution in [1.82, 2.24) is 0 Å². The van der Waals surface area contributed by atoms with E-state index in [4.69, 9.17) is 9.84 Å². The van der Waals surface area contributed by atoms with E-state index in [0.29, 0.717) is 0 Å². The fourth-order valence-electron chi connectivity index (χ4n) is 0.920. The molecule has 6 heteroatoms. The minimum absolute atomic E-state index is 0.0353. The van der Waals surface area contributed by atoms with Gasteiger partial charge in [-0.25, -0.2) is 0 Å². The summed E-state index contributed by atoms with van der Waals surface area (Å²) in [6.45, 7) is 3.25. The van der Waals surface area contributed by atoms with Crippen LogP contribution in [0, 0.1) is 0 Å². The van der Waals surface area contributed by atoms with Crippen molar-refractivity contribution < 1.29 is 27.8 Å². The predicted octanol–water partition coefficient (Wildman–Crippen LogP) is 2.55. The molecule has 0 bridgehead atoms. The molecule has 0 aromatic heterocycles. The number of halogens is 3. The Morgan fingerprint density at radius 1 is 1.29 bits per heavy atom. The summed E-state index contributed by atoms with van der Waals surface area (Å²) >= 11 is 0. The number of rotatable bonds is 7. The summed E-state index contributed by atoms with van der Waals surface area (Å²) in [6.07, 6.45) is -0.350. The molecule has 0 saturated carbocycles. The first-order valence-electron chi connectivity index (χ1n) is 4.87. The molecule has 0 radical (unpaired) electrons. The van der Waals surface area contributed by atoms with E-state index in [-0.39, 0.29) is 24.7 Å². The van der Waals surface area contributed by atoms with Crippen molar-refractivity contribution in [3.05, 3.63) is 36.3 Å². The normalized spacial score (nSPS) is 13.5. The van der Waals surface area contributed by atoms with Gasteiger partial charge in [-0.05, 0) is 19.1 Å². The smallest absolute Gasteiger partial charge is 0.422 e. The van der Waals surface area contributed by atoms with Crippen LogP contribution >= 0.6 is 0 Å². The van der Waals surface area contributed by atoms with E-state index in [0.717, 1.165) is 0 Å². The third-order valence-corrected chi connectivity index (χ3v) is 1.51. The maximum Gasteiger partial charge on any atom is 0.422 e. The minimum atomic E-state index is -4.41. The first-order chi connectivity index (χ1) is 7.94. The number of aliphatic hydroxyl groups is 1. The van der Waals surface area contributed by atoms with E-state index in [1.165, 1.54) is 25.2 Å². The van der Waals surface area contributed by atoms with Gasteiger partial charge in [0.15, 0.2) is 18.1 Å². The summed E-state index contributed by atoms with van der Waals surface area (Å²) in [7, 11) is 0. The van der Waals surface area contributed by atoms with Crippen LogP contribution in [0.15, 0.2) is 36.3 Å². The highest BCUT2D eigenvalue weighted by Crippen LogP contribution is 2.20. The maximum absolute atomic E-state index is 12.0. The van der Waals surface area contributed by atoms with Gasteiger partial charge >= 0.3 is 6.18 Å². The third-order valence-electron chi connectivity index (χ3n) is 1.51. The summed E-state index contributed by atoms with van der Waals surface area (Å²) in [5, 5.41) is 8.58. The molecule has 0 aliphatic heterocycles. The molecule has 0 rings (SSSR count). The first-order valence-corrected chi connectivity index (χ1v) is 4.87. The topological polar surface area (TPSA) is 38.7 Å². The summed E-state index contributed by atoms with van der Waals surface area (Å²) in [5.41, 5.74) is 0. The molecule has 0 unspecified atom stereocenters. The van der Waals surface area contributed by atoms with E-state index >= 15 is 0 Å². The van der Waals surface area contributed by atoms with Crippen LogP contribution in [0.1, 0.15) is 6.92 Å². The zero-order valence-corrected chi connectivity index (χ0v) is 9.46. The second-order valence-electron chi connectivity index (χ2n) is 2.90. The number of alkyl halides is 3. The Labute approximate surface area is 97.8 Å². The fraction of sp³-hybridized carbons (Fsp3) is 0.455. The summed E-state index contributed by atoms with van der Waals surface area (Å²) in [5.74, 6) is 0.0523. The third kappa shape index (κ3) is 7.46. The molecule has 0 aliphatic rings. The highest BCUT2D eigenvalue weighted by atomic mass is 19.4. The van der Waals surface area contributed by atoms with Gasteiger partial charge in [0.2, 0.25) is 0 Å². The lowest BCUT2D eigenvalue weighted by Crippen LogP contribution is -2.17. The molecule has 0 atom stereocenters. The number of ether oxygens (including phenoxy) is 2. The molecule has 0 aromatic carbocycles. The first kappa shape index (κ1) is 15.6. The molecule has 0 heterocycles. The predicted molar refractivity (Wildman–Crippen MR) is 57.1 cm³/mol. The van der Waals surface area contributed by atoms with Crippen LogP contribution in [-0.2, 0) is 9.47 Å². The second-order valence-corrected chi connectivity index (χ2v) is 2.90. The average molecular weight is 252 g/mol. The molecule has 0 amide bonds. The molecule has 17 heavy (non-hydrogen) atoms. The van der Waals surface area contributed by atoms with Gasteiger partial charge in [0.25, 0.3) is 0 Å².